The van der Waals surface area contributed by atoms with Gasteiger partial charge in [-0.05, 0) is 0 Å². The van der Waals surface area contributed by atoms with Gasteiger partial charge in [0.2, 0.25) is 11.7 Å². The molecule has 1 amide bonds. The lowest BCUT2D eigenvalue weighted by atomic mass is 10.1. The van der Waals surface area contributed by atoms with E-state index in [9.17, 15) is 4.79 Å². The van der Waals surface area contributed by atoms with Crippen molar-refractivity contribution in [1.29, 1.82) is 0 Å². The number of amides is 1. The van der Waals surface area contributed by atoms with Crippen LogP contribution >= 0.6 is 0 Å². The second-order valence-corrected chi connectivity index (χ2v) is 4.52. The van der Waals surface area contributed by atoms with E-state index in [4.69, 9.17) is 4.74 Å². The Morgan fingerprint density at radius 1 is 1.29 bits per heavy atom. The van der Waals surface area contributed by atoms with Crippen LogP contribution in [0.3, 0.4) is 0 Å². The first kappa shape index (κ1) is 13.1. The van der Waals surface area contributed by atoms with Crippen molar-refractivity contribution in [3.05, 3.63) is 42.7 Å². The van der Waals surface area contributed by atoms with Gasteiger partial charge in [-0.15, -0.1) is 0 Å². The van der Waals surface area contributed by atoms with Gasteiger partial charge in [0.1, 0.15) is 11.5 Å². The van der Waals surface area contributed by atoms with E-state index < -0.39 is 0 Å². The van der Waals surface area contributed by atoms with Crippen LogP contribution in [0.2, 0.25) is 0 Å². The molecule has 1 N–H and O–H groups in total. The topological polar surface area (TPSA) is 68.5 Å². The average molecular weight is 282 g/mol. The van der Waals surface area contributed by atoms with Crippen LogP contribution < -0.4 is 10.1 Å². The number of hydrogen-bond donors (Lipinski definition) is 1. The Labute approximate surface area is 121 Å². The number of rotatable bonds is 3. The van der Waals surface area contributed by atoms with E-state index >= 15 is 0 Å². The van der Waals surface area contributed by atoms with Gasteiger partial charge in [-0.1, -0.05) is 30.3 Å². The predicted molar refractivity (Wildman–Crippen MR) is 79.3 cm³/mol. The first-order valence-electron chi connectivity index (χ1n) is 6.44. The molecule has 0 atom stereocenters. The molecular weight excluding hydrogens is 268 g/mol. The summed E-state index contributed by atoms with van der Waals surface area (Å²) in [6.07, 6.45) is 3.34. The van der Waals surface area contributed by atoms with E-state index in [0.717, 1.165) is 5.56 Å². The van der Waals surface area contributed by atoms with Crippen molar-refractivity contribution in [3.63, 3.8) is 0 Å². The van der Waals surface area contributed by atoms with Crippen LogP contribution in [-0.2, 0) is 4.79 Å². The molecule has 106 valence electrons. The molecule has 2 heterocycles. The zero-order valence-corrected chi connectivity index (χ0v) is 11.7. The molecule has 3 aromatic rings. The second-order valence-electron chi connectivity index (χ2n) is 4.52. The Hall–Kier alpha value is -2.89. The molecular formula is C15H14N4O2. The van der Waals surface area contributed by atoms with Crippen molar-refractivity contribution in [2.45, 2.75) is 6.92 Å². The summed E-state index contributed by atoms with van der Waals surface area (Å²) < 4.78 is 6.88. The van der Waals surface area contributed by atoms with Gasteiger partial charge in [0.05, 0.1) is 19.5 Å². The molecule has 0 aliphatic heterocycles. The molecule has 0 spiro atoms. The lowest BCUT2D eigenvalue weighted by Crippen LogP contribution is -2.09. The Bertz CT molecular complexity index is 796. The summed E-state index contributed by atoms with van der Waals surface area (Å²) in [6.45, 7) is 1.46. The molecule has 0 bridgehead atoms. The maximum absolute atomic E-state index is 11.5. The molecule has 0 saturated carbocycles. The maximum Gasteiger partial charge on any atom is 0.236 e. The minimum Gasteiger partial charge on any atom is -0.494 e. The van der Waals surface area contributed by atoms with E-state index in [1.54, 1.807) is 23.9 Å². The highest BCUT2D eigenvalue weighted by Crippen LogP contribution is 2.29. The molecule has 1 aromatic carbocycles. The molecule has 6 nitrogen and oxygen atoms in total. The number of hydrogen-bond acceptors (Lipinski definition) is 4. The monoisotopic (exact) mass is 282 g/mol. The lowest BCUT2D eigenvalue weighted by molar-refractivity contribution is -0.114. The van der Waals surface area contributed by atoms with Crippen molar-refractivity contribution in [2.24, 2.45) is 0 Å². The van der Waals surface area contributed by atoms with Crippen molar-refractivity contribution in [3.8, 4) is 17.0 Å². The van der Waals surface area contributed by atoms with Crippen LogP contribution in [0, 0.1) is 0 Å². The van der Waals surface area contributed by atoms with E-state index in [2.05, 4.69) is 15.3 Å². The zero-order valence-electron chi connectivity index (χ0n) is 11.7. The first-order valence-corrected chi connectivity index (χ1v) is 6.44. The molecule has 21 heavy (non-hydrogen) atoms. The summed E-state index contributed by atoms with van der Waals surface area (Å²) in [6, 6.07) is 9.64. The van der Waals surface area contributed by atoms with Gasteiger partial charge >= 0.3 is 0 Å². The average Bonchev–Trinajstić information content (AvgIpc) is 2.85. The Balaban J connectivity index is 2.25. The fraction of sp³-hybridized carbons (Fsp3) is 0.133. The SMILES string of the molecule is COc1cnc2nc(-c3ccccc3)c(NC(C)=O)n2c1. The van der Waals surface area contributed by atoms with Crippen LogP contribution in [0.15, 0.2) is 42.7 Å². The third-order valence-corrected chi connectivity index (χ3v) is 3.03. The molecule has 0 radical (unpaired) electrons. The number of aromatic nitrogens is 3. The largest absolute Gasteiger partial charge is 0.494 e. The number of nitrogens with one attached hydrogen (secondary N) is 1. The highest BCUT2D eigenvalue weighted by atomic mass is 16.5. The minimum atomic E-state index is -0.170. The number of ether oxygens (including phenoxy) is 1. The normalized spacial score (nSPS) is 10.6. The van der Waals surface area contributed by atoms with Crippen molar-refractivity contribution >= 4 is 17.5 Å². The standard InChI is InChI=1S/C15H14N4O2/c1-10(20)17-14-13(11-6-4-3-5-7-11)18-15-16-8-12(21-2)9-19(14)15/h3-9H,1-2H3,(H,17,20). The van der Waals surface area contributed by atoms with Crippen molar-refractivity contribution in [1.82, 2.24) is 14.4 Å². The van der Waals surface area contributed by atoms with E-state index in [1.165, 1.54) is 6.92 Å². The van der Waals surface area contributed by atoms with Gasteiger partial charge < -0.3 is 10.1 Å². The summed E-state index contributed by atoms with van der Waals surface area (Å²) in [5.74, 6) is 1.50. The third-order valence-electron chi connectivity index (χ3n) is 3.03. The lowest BCUT2D eigenvalue weighted by Gasteiger charge is -2.06. The highest BCUT2D eigenvalue weighted by molar-refractivity contribution is 5.92. The van der Waals surface area contributed by atoms with E-state index in [-0.39, 0.29) is 5.91 Å². The summed E-state index contributed by atoms with van der Waals surface area (Å²) in [5.41, 5.74) is 1.58. The molecule has 0 aliphatic carbocycles. The molecule has 3 rings (SSSR count). The second kappa shape index (κ2) is 5.24. The van der Waals surface area contributed by atoms with Crippen molar-refractivity contribution < 1.29 is 9.53 Å². The molecule has 0 saturated heterocycles. The summed E-state index contributed by atoms with van der Waals surface area (Å²) in [4.78, 5) is 20.2. The van der Waals surface area contributed by atoms with Crippen LogP contribution in [-0.4, -0.2) is 27.4 Å². The van der Waals surface area contributed by atoms with Crippen LogP contribution in [0.5, 0.6) is 5.75 Å². The maximum atomic E-state index is 11.5. The Morgan fingerprint density at radius 3 is 2.71 bits per heavy atom. The number of benzene rings is 1. The highest BCUT2D eigenvalue weighted by Gasteiger charge is 2.16. The third kappa shape index (κ3) is 2.43. The number of nitrogens with zero attached hydrogens (tertiary/aromatic N) is 3. The summed E-state index contributed by atoms with van der Waals surface area (Å²) >= 11 is 0. The summed E-state index contributed by atoms with van der Waals surface area (Å²) in [5, 5.41) is 2.81. The molecule has 2 aromatic heterocycles. The molecule has 6 heteroatoms. The van der Waals surface area contributed by atoms with Gasteiger partial charge in [0.25, 0.3) is 0 Å². The van der Waals surface area contributed by atoms with Gasteiger partial charge in [0.15, 0.2) is 5.75 Å². The van der Waals surface area contributed by atoms with E-state index in [1.807, 2.05) is 30.3 Å². The van der Waals surface area contributed by atoms with Gasteiger partial charge in [-0.25, -0.2) is 9.97 Å². The van der Waals surface area contributed by atoms with Gasteiger partial charge in [-0.3, -0.25) is 9.20 Å². The van der Waals surface area contributed by atoms with Gasteiger partial charge in [0, 0.05) is 12.5 Å². The van der Waals surface area contributed by atoms with E-state index in [0.29, 0.717) is 23.0 Å². The molecule has 0 fully saturated rings. The number of methoxy groups -OCH3 is 1. The predicted octanol–water partition coefficient (Wildman–Crippen LogP) is 2.36. The number of anilines is 1. The minimum absolute atomic E-state index is 0.170. The van der Waals surface area contributed by atoms with Crippen LogP contribution in [0.25, 0.3) is 17.0 Å². The zero-order chi connectivity index (χ0) is 14.8. The number of carbonyl (C=O) groups is 1. The first-order chi connectivity index (χ1) is 10.2. The smallest absolute Gasteiger partial charge is 0.236 e. The quantitative estimate of drug-likeness (QED) is 0.800. The molecule has 0 aliphatic rings. The summed E-state index contributed by atoms with van der Waals surface area (Å²) in [7, 11) is 1.57. The number of imidazole rings is 1. The number of carbonyl (C=O) groups excluding carboxylic acids is 1. The van der Waals surface area contributed by atoms with Gasteiger partial charge in [-0.2, -0.15) is 0 Å². The van der Waals surface area contributed by atoms with Crippen LogP contribution in [0.4, 0.5) is 5.82 Å². The Morgan fingerprint density at radius 2 is 2.05 bits per heavy atom. The fourth-order valence-corrected chi connectivity index (χ4v) is 2.11. The van der Waals surface area contributed by atoms with Crippen LogP contribution in [0.1, 0.15) is 6.92 Å². The Kier molecular flexibility index (Phi) is 3.27. The number of fused-ring (bicyclic) bond motifs is 1. The molecule has 0 unspecified atom stereocenters. The van der Waals surface area contributed by atoms with Crippen molar-refractivity contribution in [2.75, 3.05) is 12.4 Å². The fourth-order valence-electron chi connectivity index (χ4n) is 2.11.